The molecular formula is C19H28N4O4. The maximum Gasteiger partial charge on any atom is 0.259 e. The van der Waals surface area contributed by atoms with Gasteiger partial charge < -0.3 is 23.5 Å². The first-order valence-corrected chi connectivity index (χ1v) is 9.57. The summed E-state index contributed by atoms with van der Waals surface area (Å²) in [6.45, 7) is 8.57. The van der Waals surface area contributed by atoms with Gasteiger partial charge in [-0.15, -0.1) is 0 Å². The SMILES string of the molecule is CCOCCOCCn1ccnc1C1CCN(C(=O)c2conc2C)CC1. The van der Waals surface area contributed by atoms with Gasteiger partial charge >= 0.3 is 0 Å². The minimum absolute atomic E-state index is 0.00163. The molecule has 1 amide bonds. The van der Waals surface area contributed by atoms with Crippen molar-refractivity contribution in [3.63, 3.8) is 0 Å². The molecule has 0 aliphatic carbocycles. The lowest BCUT2D eigenvalue weighted by Crippen LogP contribution is -2.38. The van der Waals surface area contributed by atoms with E-state index in [9.17, 15) is 4.79 Å². The molecule has 0 radical (unpaired) electrons. The third-order valence-electron chi connectivity index (χ3n) is 4.93. The van der Waals surface area contributed by atoms with Gasteiger partial charge in [-0.25, -0.2) is 4.98 Å². The normalized spacial score (nSPS) is 15.4. The van der Waals surface area contributed by atoms with E-state index in [1.807, 2.05) is 24.2 Å². The van der Waals surface area contributed by atoms with Gasteiger partial charge in [0.1, 0.15) is 17.7 Å². The zero-order chi connectivity index (χ0) is 19.1. The zero-order valence-electron chi connectivity index (χ0n) is 16.1. The predicted molar refractivity (Wildman–Crippen MR) is 98.7 cm³/mol. The lowest BCUT2D eigenvalue weighted by Gasteiger charge is -2.31. The van der Waals surface area contributed by atoms with Crippen LogP contribution in [0.25, 0.3) is 0 Å². The van der Waals surface area contributed by atoms with E-state index < -0.39 is 0 Å². The number of carbonyl (C=O) groups is 1. The van der Waals surface area contributed by atoms with Gasteiger partial charge in [-0.05, 0) is 26.7 Å². The van der Waals surface area contributed by atoms with E-state index in [1.165, 1.54) is 6.26 Å². The predicted octanol–water partition coefficient (Wildman–Crippen LogP) is 2.25. The number of hydrogen-bond acceptors (Lipinski definition) is 6. The molecule has 1 aliphatic heterocycles. The van der Waals surface area contributed by atoms with Crippen molar-refractivity contribution in [3.05, 3.63) is 35.7 Å². The number of aryl methyl sites for hydroxylation is 1. The molecule has 0 bridgehead atoms. The van der Waals surface area contributed by atoms with Crippen LogP contribution in [0.5, 0.6) is 0 Å². The first kappa shape index (κ1) is 19.6. The van der Waals surface area contributed by atoms with Crippen molar-refractivity contribution in [3.8, 4) is 0 Å². The van der Waals surface area contributed by atoms with Crippen molar-refractivity contribution in [2.24, 2.45) is 0 Å². The summed E-state index contributed by atoms with van der Waals surface area (Å²) in [6, 6.07) is 0. The minimum Gasteiger partial charge on any atom is -0.379 e. The molecule has 2 aromatic heterocycles. The number of nitrogens with zero attached hydrogens (tertiary/aromatic N) is 4. The Labute approximate surface area is 159 Å². The van der Waals surface area contributed by atoms with E-state index >= 15 is 0 Å². The van der Waals surface area contributed by atoms with Crippen molar-refractivity contribution in [2.75, 3.05) is 39.5 Å². The van der Waals surface area contributed by atoms with Crippen LogP contribution < -0.4 is 0 Å². The van der Waals surface area contributed by atoms with Gasteiger partial charge in [0, 0.05) is 44.6 Å². The zero-order valence-corrected chi connectivity index (χ0v) is 16.1. The van der Waals surface area contributed by atoms with Gasteiger partial charge in [0.25, 0.3) is 5.91 Å². The maximum atomic E-state index is 12.6. The molecule has 0 unspecified atom stereocenters. The molecule has 0 aromatic carbocycles. The Bertz CT molecular complexity index is 719. The molecule has 1 aliphatic rings. The maximum absolute atomic E-state index is 12.6. The van der Waals surface area contributed by atoms with Crippen LogP contribution in [0.1, 0.15) is 47.6 Å². The van der Waals surface area contributed by atoms with E-state index in [0.717, 1.165) is 25.2 Å². The Morgan fingerprint density at radius 2 is 2.04 bits per heavy atom. The number of imidazole rings is 1. The molecule has 27 heavy (non-hydrogen) atoms. The molecule has 0 atom stereocenters. The van der Waals surface area contributed by atoms with Crippen molar-refractivity contribution in [1.29, 1.82) is 0 Å². The lowest BCUT2D eigenvalue weighted by atomic mass is 9.95. The summed E-state index contributed by atoms with van der Waals surface area (Å²) in [4.78, 5) is 19.0. The number of hydrogen-bond donors (Lipinski definition) is 0. The number of carbonyl (C=O) groups excluding carboxylic acids is 1. The molecule has 148 valence electrons. The summed E-state index contributed by atoms with van der Waals surface area (Å²) < 4.78 is 17.9. The molecule has 1 fully saturated rings. The number of aromatic nitrogens is 3. The second-order valence-corrected chi connectivity index (χ2v) is 6.67. The van der Waals surface area contributed by atoms with E-state index in [4.69, 9.17) is 14.0 Å². The van der Waals surface area contributed by atoms with E-state index in [-0.39, 0.29) is 5.91 Å². The van der Waals surface area contributed by atoms with E-state index in [1.54, 1.807) is 6.92 Å². The molecule has 0 saturated carbocycles. The number of rotatable bonds is 9. The highest BCUT2D eigenvalue weighted by atomic mass is 16.5. The summed E-state index contributed by atoms with van der Waals surface area (Å²) in [7, 11) is 0. The van der Waals surface area contributed by atoms with Crippen LogP contribution >= 0.6 is 0 Å². The van der Waals surface area contributed by atoms with Crippen molar-refractivity contribution >= 4 is 5.91 Å². The summed E-state index contributed by atoms with van der Waals surface area (Å²) in [6.07, 6.45) is 7.07. The van der Waals surface area contributed by atoms with Gasteiger partial charge in [0.05, 0.1) is 25.5 Å². The second-order valence-electron chi connectivity index (χ2n) is 6.67. The van der Waals surface area contributed by atoms with Crippen LogP contribution in [-0.4, -0.2) is 65.0 Å². The first-order chi connectivity index (χ1) is 13.2. The van der Waals surface area contributed by atoms with Crippen LogP contribution in [0.15, 0.2) is 23.2 Å². The van der Waals surface area contributed by atoms with Gasteiger partial charge in [-0.2, -0.15) is 0 Å². The number of amides is 1. The average Bonchev–Trinajstić information content (AvgIpc) is 3.33. The molecule has 0 N–H and O–H groups in total. The fourth-order valence-corrected chi connectivity index (χ4v) is 3.41. The minimum atomic E-state index is -0.00163. The Morgan fingerprint density at radius 1 is 1.26 bits per heavy atom. The summed E-state index contributed by atoms with van der Waals surface area (Å²) >= 11 is 0. The number of ether oxygens (including phenoxy) is 2. The molecule has 0 spiro atoms. The fraction of sp³-hybridized carbons (Fsp3) is 0.632. The molecule has 1 saturated heterocycles. The Balaban J connectivity index is 1.48. The lowest BCUT2D eigenvalue weighted by molar-refractivity contribution is 0.0492. The first-order valence-electron chi connectivity index (χ1n) is 9.57. The molecule has 3 rings (SSSR count). The highest BCUT2D eigenvalue weighted by Crippen LogP contribution is 2.28. The highest BCUT2D eigenvalue weighted by Gasteiger charge is 2.28. The second kappa shape index (κ2) is 9.66. The van der Waals surface area contributed by atoms with E-state index in [2.05, 4.69) is 14.7 Å². The molecule has 8 heteroatoms. The third kappa shape index (κ3) is 4.95. The monoisotopic (exact) mass is 376 g/mol. The van der Waals surface area contributed by atoms with Crippen molar-refractivity contribution in [2.45, 2.75) is 39.2 Å². The van der Waals surface area contributed by atoms with Gasteiger partial charge in [0.2, 0.25) is 0 Å². The van der Waals surface area contributed by atoms with Crippen LogP contribution in [0.3, 0.4) is 0 Å². The highest BCUT2D eigenvalue weighted by molar-refractivity contribution is 5.94. The quantitative estimate of drug-likeness (QED) is 0.624. The molecule has 2 aromatic rings. The largest absolute Gasteiger partial charge is 0.379 e. The number of likely N-dealkylation sites (tertiary alicyclic amines) is 1. The van der Waals surface area contributed by atoms with Gasteiger partial charge in [0.15, 0.2) is 0 Å². The molecular weight excluding hydrogens is 348 g/mol. The van der Waals surface area contributed by atoms with Crippen LogP contribution in [-0.2, 0) is 16.0 Å². The summed E-state index contributed by atoms with van der Waals surface area (Å²) in [5.74, 6) is 1.44. The van der Waals surface area contributed by atoms with E-state index in [0.29, 0.717) is 56.7 Å². The Hall–Kier alpha value is -2.19. The topological polar surface area (TPSA) is 82.6 Å². The van der Waals surface area contributed by atoms with Crippen LogP contribution in [0, 0.1) is 6.92 Å². The van der Waals surface area contributed by atoms with Gasteiger partial charge in [-0.3, -0.25) is 4.79 Å². The van der Waals surface area contributed by atoms with Crippen LogP contribution in [0.4, 0.5) is 0 Å². The Kier molecular flexibility index (Phi) is 7.00. The smallest absolute Gasteiger partial charge is 0.259 e. The summed E-state index contributed by atoms with van der Waals surface area (Å²) in [5.41, 5.74) is 1.20. The fourth-order valence-electron chi connectivity index (χ4n) is 3.41. The van der Waals surface area contributed by atoms with Crippen molar-refractivity contribution in [1.82, 2.24) is 19.6 Å². The molecule has 8 nitrogen and oxygen atoms in total. The number of piperidine rings is 1. The van der Waals surface area contributed by atoms with Crippen LogP contribution in [0.2, 0.25) is 0 Å². The van der Waals surface area contributed by atoms with Gasteiger partial charge in [-0.1, -0.05) is 5.16 Å². The third-order valence-corrected chi connectivity index (χ3v) is 4.93. The standard InChI is InChI=1S/C19H28N4O4/c1-3-25-12-13-26-11-10-22-9-6-20-18(22)16-4-7-23(8-5-16)19(24)17-14-27-21-15(17)2/h6,9,14,16H,3-5,7-8,10-13H2,1-2H3. The molecule has 3 heterocycles. The van der Waals surface area contributed by atoms with Crippen molar-refractivity contribution < 1.29 is 18.8 Å². The Morgan fingerprint density at radius 3 is 2.74 bits per heavy atom. The average molecular weight is 376 g/mol. The summed E-state index contributed by atoms with van der Waals surface area (Å²) in [5, 5.41) is 3.80.